The van der Waals surface area contributed by atoms with Gasteiger partial charge >= 0.3 is 0 Å². The van der Waals surface area contributed by atoms with Crippen molar-refractivity contribution in [3.05, 3.63) is 35.6 Å². The Morgan fingerprint density at radius 3 is 2.29 bits per heavy atom. The second-order valence-corrected chi connectivity index (χ2v) is 4.99. The molecule has 0 heterocycles. The molecule has 1 aliphatic rings. The van der Waals surface area contributed by atoms with E-state index in [0.717, 1.165) is 25.7 Å². The summed E-state index contributed by atoms with van der Waals surface area (Å²) >= 11 is 0. The summed E-state index contributed by atoms with van der Waals surface area (Å²) < 4.78 is 12.9. The highest BCUT2D eigenvalue weighted by molar-refractivity contribution is 5.20. The summed E-state index contributed by atoms with van der Waals surface area (Å²) in [7, 11) is 1.97. The van der Waals surface area contributed by atoms with Crippen molar-refractivity contribution in [1.82, 2.24) is 5.32 Å². The Balaban J connectivity index is 2.08. The third kappa shape index (κ3) is 3.05. The predicted octanol–water partition coefficient (Wildman–Crippen LogP) is 2.60. The van der Waals surface area contributed by atoms with E-state index in [9.17, 15) is 4.39 Å². The van der Waals surface area contributed by atoms with Crippen molar-refractivity contribution in [2.75, 3.05) is 7.05 Å². The first-order valence-electron chi connectivity index (χ1n) is 6.39. The average Bonchev–Trinajstić information content (AvgIpc) is 2.35. The van der Waals surface area contributed by atoms with Gasteiger partial charge in [-0.1, -0.05) is 12.1 Å². The van der Waals surface area contributed by atoms with Gasteiger partial charge in [-0.2, -0.15) is 0 Å². The topological polar surface area (TPSA) is 38.0 Å². The predicted molar refractivity (Wildman–Crippen MR) is 68.1 cm³/mol. The van der Waals surface area contributed by atoms with Crippen molar-refractivity contribution in [2.24, 2.45) is 11.7 Å². The summed E-state index contributed by atoms with van der Waals surface area (Å²) in [5.74, 6) is 0.444. The number of benzene rings is 1. The second-order valence-electron chi connectivity index (χ2n) is 4.99. The Bertz CT molecular complexity index is 342. The van der Waals surface area contributed by atoms with Crippen LogP contribution < -0.4 is 11.1 Å². The van der Waals surface area contributed by atoms with E-state index >= 15 is 0 Å². The van der Waals surface area contributed by atoms with E-state index in [1.54, 1.807) is 0 Å². The third-order valence-electron chi connectivity index (χ3n) is 3.83. The Kier molecular flexibility index (Phi) is 4.13. The molecule has 1 fully saturated rings. The fraction of sp³-hybridized carbons (Fsp3) is 0.571. The molecule has 0 saturated heterocycles. The molecule has 0 aliphatic heterocycles. The van der Waals surface area contributed by atoms with Gasteiger partial charge in [0.15, 0.2) is 0 Å². The van der Waals surface area contributed by atoms with Crippen LogP contribution in [0.15, 0.2) is 24.3 Å². The van der Waals surface area contributed by atoms with Crippen molar-refractivity contribution in [1.29, 1.82) is 0 Å². The fourth-order valence-electron chi connectivity index (χ4n) is 2.82. The van der Waals surface area contributed by atoms with E-state index in [0.29, 0.717) is 18.0 Å². The lowest BCUT2D eigenvalue weighted by atomic mass is 9.79. The highest BCUT2D eigenvalue weighted by Gasteiger charge is 2.26. The highest BCUT2D eigenvalue weighted by atomic mass is 19.1. The van der Waals surface area contributed by atoms with E-state index in [2.05, 4.69) is 5.32 Å². The van der Waals surface area contributed by atoms with E-state index in [1.807, 2.05) is 19.2 Å². The first-order chi connectivity index (χ1) is 8.20. The van der Waals surface area contributed by atoms with Crippen LogP contribution in [0.25, 0.3) is 0 Å². The van der Waals surface area contributed by atoms with E-state index < -0.39 is 0 Å². The van der Waals surface area contributed by atoms with Crippen LogP contribution in [0.1, 0.15) is 37.3 Å². The average molecular weight is 236 g/mol. The minimum Gasteiger partial charge on any atom is -0.328 e. The Labute approximate surface area is 102 Å². The lowest BCUT2D eigenvalue weighted by Crippen LogP contribution is -2.33. The molecule has 94 valence electrons. The van der Waals surface area contributed by atoms with Gasteiger partial charge in [0.25, 0.3) is 0 Å². The molecule has 2 nitrogen and oxygen atoms in total. The van der Waals surface area contributed by atoms with Crippen LogP contribution in [0, 0.1) is 11.7 Å². The molecule has 3 N–H and O–H groups in total. The third-order valence-corrected chi connectivity index (χ3v) is 3.83. The summed E-state index contributed by atoms with van der Waals surface area (Å²) in [6.45, 7) is 0. The second kappa shape index (κ2) is 5.61. The number of nitrogens with one attached hydrogen (secondary N) is 1. The lowest BCUT2D eigenvalue weighted by Gasteiger charge is -2.32. The Hall–Kier alpha value is -0.930. The number of hydrogen-bond acceptors (Lipinski definition) is 2. The number of rotatable bonds is 3. The van der Waals surface area contributed by atoms with Crippen LogP contribution in [0.5, 0.6) is 0 Å². The fourth-order valence-corrected chi connectivity index (χ4v) is 2.82. The van der Waals surface area contributed by atoms with Crippen LogP contribution in [-0.4, -0.2) is 13.1 Å². The zero-order chi connectivity index (χ0) is 12.3. The van der Waals surface area contributed by atoms with Gasteiger partial charge < -0.3 is 11.1 Å². The van der Waals surface area contributed by atoms with Gasteiger partial charge in [-0.05, 0) is 56.3 Å². The minimum absolute atomic E-state index is 0.172. The molecular formula is C14H21FN2. The van der Waals surface area contributed by atoms with Gasteiger partial charge in [-0.15, -0.1) is 0 Å². The Morgan fingerprint density at radius 1 is 1.18 bits per heavy atom. The summed E-state index contributed by atoms with van der Waals surface area (Å²) in [6, 6.07) is 7.53. The summed E-state index contributed by atoms with van der Waals surface area (Å²) in [4.78, 5) is 0. The zero-order valence-corrected chi connectivity index (χ0v) is 10.3. The molecule has 1 unspecified atom stereocenters. The number of hydrogen-bond donors (Lipinski definition) is 2. The maximum Gasteiger partial charge on any atom is 0.123 e. The molecule has 1 atom stereocenters. The summed E-state index contributed by atoms with van der Waals surface area (Å²) in [5, 5.41) is 3.36. The molecule has 3 heteroatoms. The van der Waals surface area contributed by atoms with Crippen molar-refractivity contribution in [3.8, 4) is 0 Å². The molecule has 0 spiro atoms. The Morgan fingerprint density at radius 2 is 1.76 bits per heavy atom. The normalized spacial score (nSPS) is 26.8. The van der Waals surface area contributed by atoms with Gasteiger partial charge in [0.2, 0.25) is 0 Å². The van der Waals surface area contributed by atoms with E-state index in [-0.39, 0.29) is 5.82 Å². The summed E-state index contributed by atoms with van der Waals surface area (Å²) in [5.41, 5.74) is 7.10. The van der Waals surface area contributed by atoms with Gasteiger partial charge in [-0.3, -0.25) is 0 Å². The smallest absolute Gasteiger partial charge is 0.123 e. The molecule has 1 aromatic carbocycles. The van der Waals surface area contributed by atoms with Crippen LogP contribution in [0.3, 0.4) is 0 Å². The van der Waals surface area contributed by atoms with Crippen LogP contribution >= 0.6 is 0 Å². The first-order valence-corrected chi connectivity index (χ1v) is 6.39. The molecule has 0 aromatic heterocycles. The summed E-state index contributed by atoms with van der Waals surface area (Å²) in [6.07, 6.45) is 4.52. The van der Waals surface area contributed by atoms with Crippen LogP contribution in [0.2, 0.25) is 0 Å². The van der Waals surface area contributed by atoms with Crippen molar-refractivity contribution in [2.45, 2.75) is 37.8 Å². The van der Waals surface area contributed by atoms with Crippen molar-refractivity contribution < 1.29 is 4.39 Å². The van der Waals surface area contributed by atoms with Gasteiger partial charge in [0.1, 0.15) is 5.82 Å². The molecule has 0 radical (unpaired) electrons. The lowest BCUT2D eigenvalue weighted by molar-refractivity contribution is 0.262. The van der Waals surface area contributed by atoms with Crippen LogP contribution in [-0.2, 0) is 0 Å². The minimum atomic E-state index is -0.172. The first kappa shape index (κ1) is 12.5. The van der Waals surface area contributed by atoms with Crippen molar-refractivity contribution >= 4 is 0 Å². The highest BCUT2D eigenvalue weighted by Crippen LogP contribution is 2.33. The number of halogens is 1. The maximum absolute atomic E-state index is 12.9. The molecule has 1 aliphatic carbocycles. The number of nitrogens with two attached hydrogens (primary N) is 1. The van der Waals surface area contributed by atoms with Crippen molar-refractivity contribution in [3.63, 3.8) is 0 Å². The zero-order valence-electron chi connectivity index (χ0n) is 10.3. The molecule has 2 rings (SSSR count). The molecule has 0 bridgehead atoms. The maximum atomic E-state index is 12.9. The molecule has 17 heavy (non-hydrogen) atoms. The van der Waals surface area contributed by atoms with Gasteiger partial charge in [0, 0.05) is 12.1 Å². The van der Waals surface area contributed by atoms with Gasteiger partial charge in [0.05, 0.1) is 0 Å². The van der Waals surface area contributed by atoms with Gasteiger partial charge in [-0.25, -0.2) is 4.39 Å². The molecule has 0 amide bonds. The van der Waals surface area contributed by atoms with Crippen LogP contribution in [0.4, 0.5) is 4.39 Å². The quantitative estimate of drug-likeness (QED) is 0.846. The SMILES string of the molecule is CNC(c1ccc(F)cc1)C1CCC(N)CC1. The largest absolute Gasteiger partial charge is 0.328 e. The van der Waals surface area contributed by atoms with E-state index in [1.165, 1.54) is 17.7 Å². The van der Waals surface area contributed by atoms with E-state index in [4.69, 9.17) is 5.73 Å². The molecular weight excluding hydrogens is 215 g/mol. The molecule has 1 saturated carbocycles. The standard InChI is InChI=1S/C14H21FN2/c1-17-14(10-2-6-12(15)7-3-10)11-4-8-13(16)9-5-11/h2-3,6-7,11,13-14,17H,4-5,8-9,16H2,1H3. The molecule has 1 aromatic rings. The monoisotopic (exact) mass is 236 g/mol.